The monoisotopic (exact) mass is 273 g/mol. The molecular formula is C12H13ClFNO3. The summed E-state index contributed by atoms with van der Waals surface area (Å²) >= 11 is 5.62. The van der Waals surface area contributed by atoms with Crippen molar-refractivity contribution in [2.24, 2.45) is 0 Å². The van der Waals surface area contributed by atoms with E-state index in [9.17, 15) is 19.1 Å². The van der Waals surface area contributed by atoms with Gasteiger partial charge in [0.1, 0.15) is 5.82 Å². The number of amides is 1. The maximum atomic E-state index is 13.8. The highest BCUT2D eigenvalue weighted by Gasteiger charge is 2.31. The third-order valence-electron chi connectivity index (χ3n) is 2.53. The van der Waals surface area contributed by atoms with Gasteiger partial charge in [-0.05, 0) is 19.9 Å². The van der Waals surface area contributed by atoms with Crippen molar-refractivity contribution < 1.29 is 19.1 Å². The highest BCUT2D eigenvalue weighted by molar-refractivity contribution is 6.30. The Morgan fingerprint density at radius 3 is 2.56 bits per heavy atom. The summed E-state index contributed by atoms with van der Waals surface area (Å²) in [5.41, 5.74) is -0.129. The van der Waals surface area contributed by atoms with Crippen LogP contribution in [0.2, 0.25) is 5.02 Å². The molecule has 0 aromatic heterocycles. The summed E-state index contributed by atoms with van der Waals surface area (Å²) in [5.74, 6) is -2.13. The van der Waals surface area contributed by atoms with Crippen LogP contribution in [-0.4, -0.2) is 28.4 Å². The van der Waals surface area contributed by atoms with Gasteiger partial charge in [-0.25, -0.2) is 9.18 Å². The molecule has 1 atom stereocenters. The summed E-state index contributed by atoms with van der Waals surface area (Å²) in [4.78, 5) is 23.3. The number of aliphatic carboxylic acids is 1. The molecule has 98 valence electrons. The summed E-state index contributed by atoms with van der Waals surface area (Å²) in [6.45, 7) is 3.29. The molecular weight excluding hydrogens is 261 g/mol. The van der Waals surface area contributed by atoms with E-state index in [4.69, 9.17) is 11.6 Å². The van der Waals surface area contributed by atoms with Gasteiger partial charge in [-0.3, -0.25) is 4.79 Å². The van der Waals surface area contributed by atoms with E-state index in [1.165, 1.54) is 18.2 Å². The molecule has 6 heteroatoms. The first-order valence-corrected chi connectivity index (χ1v) is 5.67. The molecule has 0 bridgehead atoms. The number of nitrogens with zero attached hydrogens (tertiary/aromatic N) is 1. The number of carboxylic acids is 1. The van der Waals surface area contributed by atoms with Gasteiger partial charge < -0.3 is 10.0 Å². The van der Waals surface area contributed by atoms with Crippen LogP contribution in [0.1, 0.15) is 25.5 Å². The van der Waals surface area contributed by atoms with Gasteiger partial charge in [0.05, 0.1) is 5.02 Å². The van der Waals surface area contributed by atoms with Gasteiger partial charge in [0, 0.05) is 11.6 Å². The molecule has 1 amide bonds. The molecule has 0 aliphatic heterocycles. The van der Waals surface area contributed by atoms with E-state index in [0.717, 1.165) is 4.90 Å². The second-order valence-electron chi connectivity index (χ2n) is 4.03. The van der Waals surface area contributed by atoms with Crippen molar-refractivity contribution in [3.63, 3.8) is 0 Å². The standard InChI is InChI=1S/C12H13ClFNO3/c1-7(2)15(6-16)11(12(17)18)8-4-3-5-9(13)10(8)14/h3-7,11H,1-2H3,(H,17,18). The Morgan fingerprint density at radius 1 is 1.50 bits per heavy atom. The lowest BCUT2D eigenvalue weighted by Crippen LogP contribution is -2.38. The summed E-state index contributed by atoms with van der Waals surface area (Å²) in [6, 6.07) is 2.31. The number of carbonyl (C=O) groups is 2. The van der Waals surface area contributed by atoms with E-state index in [1.54, 1.807) is 13.8 Å². The average molecular weight is 274 g/mol. The smallest absolute Gasteiger partial charge is 0.331 e. The van der Waals surface area contributed by atoms with E-state index in [2.05, 4.69) is 0 Å². The highest BCUT2D eigenvalue weighted by Crippen LogP contribution is 2.28. The maximum absolute atomic E-state index is 13.8. The summed E-state index contributed by atoms with van der Waals surface area (Å²) < 4.78 is 13.8. The largest absolute Gasteiger partial charge is 0.479 e. The number of carbonyl (C=O) groups excluding carboxylic acids is 1. The van der Waals surface area contributed by atoms with Crippen LogP contribution in [0.3, 0.4) is 0 Å². The Kier molecular flexibility index (Phi) is 4.67. The molecule has 0 aliphatic carbocycles. The van der Waals surface area contributed by atoms with E-state index < -0.39 is 17.8 Å². The Balaban J connectivity index is 3.32. The van der Waals surface area contributed by atoms with Gasteiger partial charge in [0.15, 0.2) is 6.04 Å². The van der Waals surface area contributed by atoms with Crippen molar-refractivity contribution in [1.29, 1.82) is 0 Å². The Labute approximate surface area is 109 Å². The van der Waals surface area contributed by atoms with Crippen molar-refractivity contribution in [3.05, 3.63) is 34.6 Å². The molecule has 1 aromatic rings. The zero-order chi connectivity index (χ0) is 13.9. The maximum Gasteiger partial charge on any atom is 0.331 e. The number of benzene rings is 1. The van der Waals surface area contributed by atoms with E-state index in [1.807, 2.05) is 0 Å². The molecule has 4 nitrogen and oxygen atoms in total. The zero-order valence-electron chi connectivity index (χ0n) is 9.93. The lowest BCUT2D eigenvalue weighted by atomic mass is 10.0. The molecule has 0 saturated carbocycles. The second kappa shape index (κ2) is 5.82. The highest BCUT2D eigenvalue weighted by atomic mass is 35.5. The average Bonchev–Trinajstić information content (AvgIpc) is 2.29. The number of carboxylic acid groups (broad SMARTS) is 1. The first-order chi connectivity index (χ1) is 8.40. The first kappa shape index (κ1) is 14.4. The molecule has 1 unspecified atom stereocenters. The lowest BCUT2D eigenvalue weighted by Gasteiger charge is -2.29. The SMILES string of the molecule is CC(C)N(C=O)C(C(=O)O)c1cccc(Cl)c1F. The molecule has 0 radical (unpaired) electrons. The van der Waals surface area contributed by atoms with Crippen LogP contribution in [0.15, 0.2) is 18.2 Å². The van der Waals surface area contributed by atoms with Crippen LogP contribution in [0.25, 0.3) is 0 Å². The third kappa shape index (κ3) is 2.79. The van der Waals surface area contributed by atoms with E-state index in [0.29, 0.717) is 6.41 Å². The molecule has 0 saturated heterocycles. The summed E-state index contributed by atoms with van der Waals surface area (Å²) in [6.07, 6.45) is 0.393. The number of hydrogen-bond acceptors (Lipinski definition) is 2. The van der Waals surface area contributed by atoms with Crippen molar-refractivity contribution in [2.45, 2.75) is 25.9 Å². The number of halogens is 2. The predicted molar refractivity (Wildman–Crippen MR) is 64.8 cm³/mol. The fourth-order valence-corrected chi connectivity index (χ4v) is 1.82. The summed E-state index contributed by atoms with van der Waals surface area (Å²) in [5, 5.41) is 9.01. The van der Waals surface area contributed by atoms with Crippen molar-refractivity contribution >= 4 is 24.0 Å². The van der Waals surface area contributed by atoms with Gasteiger partial charge in [0.2, 0.25) is 6.41 Å². The van der Waals surface area contributed by atoms with Gasteiger partial charge in [-0.15, -0.1) is 0 Å². The van der Waals surface area contributed by atoms with E-state index >= 15 is 0 Å². The minimum absolute atomic E-state index is 0.129. The number of rotatable bonds is 5. The number of hydrogen-bond donors (Lipinski definition) is 1. The van der Waals surface area contributed by atoms with Crippen LogP contribution >= 0.6 is 11.6 Å². The quantitative estimate of drug-likeness (QED) is 0.839. The lowest BCUT2D eigenvalue weighted by molar-refractivity contribution is -0.148. The molecule has 1 aromatic carbocycles. The van der Waals surface area contributed by atoms with Crippen molar-refractivity contribution in [3.8, 4) is 0 Å². The predicted octanol–water partition coefficient (Wildman–Crippen LogP) is 2.47. The summed E-state index contributed by atoms with van der Waals surface area (Å²) in [7, 11) is 0. The minimum atomic E-state index is -1.39. The molecule has 0 aliphatic rings. The molecule has 0 heterocycles. The molecule has 0 spiro atoms. The fraction of sp³-hybridized carbons (Fsp3) is 0.333. The molecule has 0 fully saturated rings. The fourth-order valence-electron chi connectivity index (χ4n) is 1.63. The minimum Gasteiger partial charge on any atom is -0.479 e. The zero-order valence-corrected chi connectivity index (χ0v) is 10.7. The van der Waals surface area contributed by atoms with Crippen LogP contribution in [-0.2, 0) is 9.59 Å². The molecule has 18 heavy (non-hydrogen) atoms. The van der Waals surface area contributed by atoms with Crippen LogP contribution in [0.5, 0.6) is 0 Å². The van der Waals surface area contributed by atoms with Gasteiger partial charge in [0.25, 0.3) is 0 Å². The molecule has 1 N–H and O–H groups in total. The normalized spacial score (nSPS) is 12.3. The topological polar surface area (TPSA) is 57.6 Å². The van der Waals surface area contributed by atoms with Crippen molar-refractivity contribution in [1.82, 2.24) is 4.90 Å². The second-order valence-corrected chi connectivity index (χ2v) is 4.44. The van der Waals surface area contributed by atoms with E-state index in [-0.39, 0.29) is 16.6 Å². The van der Waals surface area contributed by atoms with Gasteiger partial charge >= 0.3 is 5.97 Å². The Morgan fingerprint density at radius 2 is 2.11 bits per heavy atom. The van der Waals surface area contributed by atoms with Crippen LogP contribution in [0, 0.1) is 5.82 Å². The van der Waals surface area contributed by atoms with Gasteiger partial charge in [-0.1, -0.05) is 23.7 Å². The van der Waals surface area contributed by atoms with Crippen molar-refractivity contribution in [2.75, 3.05) is 0 Å². The van der Waals surface area contributed by atoms with Crippen LogP contribution < -0.4 is 0 Å². The Bertz CT molecular complexity index is 465. The van der Waals surface area contributed by atoms with Gasteiger partial charge in [-0.2, -0.15) is 0 Å². The van der Waals surface area contributed by atoms with Crippen LogP contribution in [0.4, 0.5) is 4.39 Å². The molecule has 1 rings (SSSR count). The first-order valence-electron chi connectivity index (χ1n) is 5.29. The Hall–Kier alpha value is -1.62. The third-order valence-corrected chi connectivity index (χ3v) is 2.82.